The third-order valence-electron chi connectivity index (χ3n) is 4.21. The normalized spacial score (nSPS) is 11.4. The topological polar surface area (TPSA) is 38.7 Å². The monoisotopic (exact) mass is 357 g/mol. The second kappa shape index (κ2) is 9.48. The number of nitrogens with zero attached hydrogens (tertiary/aromatic N) is 1. The van der Waals surface area contributed by atoms with Crippen LogP contribution in [0.4, 0.5) is 0 Å². The van der Waals surface area contributed by atoms with Crippen molar-refractivity contribution in [1.29, 1.82) is 0 Å². The maximum absolute atomic E-state index is 12.6. The Labute approximate surface area is 160 Å². The lowest BCUT2D eigenvalue weighted by molar-refractivity contribution is -0.144. The predicted molar refractivity (Wildman–Crippen MR) is 109 cm³/mol. The summed E-state index contributed by atoms with van der Waals surface area (Å²) in [6, 6.07) is 29.2. The number of esters is 1. The van der Waals surface area contributed by atoms with Gasteiger partial charge in [0.2, 0.25) is 0 Å². The Kier molecular flexibility index (Phi) is 6.53. The van der Waals surface area contributed by atoms with E-state index in [-0.39, 0.29) is 5.97 Å². The molecule has 0 saturated heterocycles. The minimum Gasteiger partial charge on any atom is -0.464 e. The summed E-state index contributed by atoms with van der Waals surface area (Å²) in [4.78, 5) is 17.5. The fourth-order valence-electron chi connectivity index (χ4n) is 2.92. The maximum atomic E-state index is 12.6. The third kappa shape index (κ3) is 5.14. The average molecular weight is 357 g/mol. The molecule has 0 aliphatic heterocycles. The van der Waals surface area contributed by atoms with E-state index in [0.717, 1.165) is 22.4 Å². The molecule has 0 saturated carbocycles. The van der Waals surface area contributed by atoms with Crippen LogP contribution < -0.4 is 0 Å². The van der Waals surface area contributed by atoms with Gasteiger partial charge in [0.05, 0.1) is 12.3 Å². The van der Waals surface area contributed by atoms with Gasteiger partial charge in [-0.15, -0.1) is 0 Å². The highest BCUT2D eigenvalue weighted by molar-refractivity contribution is 6.13. The van der Waals surface area contributed by atoms with Crippen molar-refractivity contribution in [3.8, 4) is 0 Å². The number of carbonyl (C=O) groups is 1. The average Bonchev–Trinajstić information content (AvgIpc) is 2.73. The van der Waals surface area contributed by atoms with Crippen molar-refractivity contribution in [3.63, 3.8) is 0 Å². The summed E-state index contributed by atoms with van der Waals surface area (Å²) in [5.41, 5.74) is 3.81. The molecule has 0 bridgehead atoms. The van der Waals surface area contributed by atoms with Crippen LogP contribution >= 0.6 is 0 Å². The highest BCUT2D eigenvalue weighted by Gasteiger charge is 2.21. The zero-order valence-corrected chi connectivity index (χ0v) is 15.4. The van der Waals surface area contributed by atoms with Crippen LogP contribution in [0.2, 0.25) is 0 Å². The molecule has 0 radical (unpaired) electrons. The zero-order valence-electron chi connectivity index (χ0n) is 15.4. The van der Waals surface area contributed by atoms with Crippen LogP contribution in [0, 0.1) is 0 Å². The fourth-order valence-corrected chi connectivity index (χ4v) is 2.92. The lowest BCUT2D eigenvalue weighted by Gasteiger charge is -2.15. The van der Waals surface area contributed by atoms with Crippen LogP contribution in [0.25, 0.3) is 0 Å². The first-order valence-corrected chi connectivity index (χ1v) is 9.17. The number of aliphatic imine (C=N–C) groups is 1. The van der Waals surface area contributed by atoms with E-state index in [0.29, 0.717) is 13.0 Å². The van der Waals surface area contributed by atoms with E-state index >= 15 is 0 Å². The van der Waals surface area contributed by atoms with E-state index in [2.05, 4.69) is 0 Å². The summed E-state index contributed by atoms with van der Waals surface area (Å²) in [5.74, 6) is -0.300. The van der Waals surface area contributed by atoms with Gasteiger partial charge < -0.3 is 4.74 Å². The summed E-state index contributed by atoms with van der Waals surface area (Å²) >= 11 is 0. The van der Waals surface area contributed by atoms with Crippen molar-refractivity contribution in [2.24, 2.45) is 4.99 Å². The van der Waals surface area contributed by atoms with Crippen molar-refractivity contribution >= 4 is 11.7 Å². The second-order valence-electron chi connectivity index (χ2n) is 6.17. The molecule has 3 heteroatoms. The van der Waals surface area contributed by atoms with Crippen molar-refractivity contribution in [3.05, 3.63) is 108 Å². The van der Waals surface area contributed by atoms with E-state index in [1.807, 2.05) is 97.9 Å². The van der Waals surface area contributed by atoms with Crippen LogP contribution in [0.15, 0.2) is 96.0 Å². The van der Waals surface area contributed by atoms with Crippen LogP contribution in [0.1, 0.15) is 23.6 Å². The molecule has 0 unspecified atom stereocenters. The number of benzene rings is 3. The molecule has 0 N–H and O–H groups in total. The number of ether oxygens (including phenoxy) is 1. The highest BCUT2D eigenvalue weighted by atomic mass is 16.5. The Morgan fingerprint density at radius 2 is 1.30 bits per heavy atom. The molecule has 1 atom stereocenters. The largest absolute Gasteiger partial charge is 0.464 e. The first kappa shape index (κ1) is 18.6. The van der Waals surface area contributed by atoms with Crippen LogP contribution in [0.5, 0.6) is 0 Å². The standard InChI is InChI=1S/C24H23NO2/c1-2-27-24(26)22(18-19-12-6-3-7-13-19)25-23(20-14-8-4-9-15-20)21-16-10-5-11-17-21/h3-17,22H,2,18H2,1H3/t22-/m0/s1. The van der Waals surface area contributed by atoms with Gasteiger partial charge in [-0.25, -0.2) is 4.79 Å². The van der Waals surface area contributed by atoms with Gasteiger partial charge >= 0.3 is 5.97 Å². The van der Waals surface area contributed by atoms with Crippen LogP contribution in [0.3, 0.4) is 0 Å². The first-order valence-electron chi connectivity index (χ1n) is 9.17. The van der Waals surface area contributed by atoms with Gasteiger partial charge in [-0.3, -0.25) is 4.99 Å². The van der Waals surface area contributed by atoms with E-state index in [1.165, 1.54) is 0 Å². The Hall–Kier alpha value is -3.20. The molecule has 0 aromatic heterocycles. The molecular formula is C24H23NO2. The molecule has 136 valence electrons. The van der Waals surface area contributed by atoms with Gasteiger partial charge in [-0.1, -0.05) is 91.0 Å². The predicted octanol–water partition coefficient (Wildman–Crippen LogP) is 4.70. The molecule has 27 heavy (non-hydrogen) atoms. The fraction of sp³-hybridized carbons (Fsp3) is 0.167. The van der Waals surface area contributed by atoms with Crippen LogP contribution in [-0.2, 0) is 16.0 Å². The SMILES string of the molecule is CCOC(=O)[C@H](Cc1ccccc1)N=C(c1ccccc1)c1ccccc1. The number of carbonyl (C=O) groups excluding carboxylic acids is 1. The zero-order chi connectivity index (χ0) is 18.9. The van der Waals surface area contributed by atoms with Crippen molar-refractivity contribution < 1.29 is 9.53 Å². The molecule has 3 aromatic carbocycles. The lowest BCUT2D eigenvalue weighted by Crippen LogP contribution is -2.26. The second-order valence-corrected chi connectivity index (χ2v) is 6.17. The molecule has 3 aromatic rings. The van der Waals surface area contributed by atoms with Gasteiger partial charge in [0.25, 0.3) is 0 Å². The summed E-state index contributed by atoms with van der Waals surface area (Å²) in [7, 11) is 0. The van der Waals surface area contributed by atoms with Gasteiger partial charge in [-0.2, -0.15) is 0 Å². The summed E-state index contributed by atoms with van der Waals surface area (Å²) < 4.78 is 5.30. The van der Waals surface area contributed by atoms with Crippen molar-refractivity contribution in [1.82, 2.24) is 0 Å². The molecule has 0 aliphatic rings. The molecule has 0 fully saturated rings. The van der Waals surface area contributed by atoms with Gasteiger partial charge in [0.15, 0.2) is 6.04 Å². The number of hydrogen-bond acceptors (Lipinski definition) is 3. The van der Waals surface area contributed by atoms with Crippen molar-refractivity contribution in [2.45, 2.75) is 19.4 Å². The number of rotatable bonds is 7. The first-order chi connectivity index (χ1) is 13.3. The van der Waals surface area contributed by atoms with Gasteiger partial charge in [0.1, 0.15) is 0 Å². The Bertz CT molecular complexity index is 833. The summed E-state index contributed by atoms with van der Waals surface area (Å²) in [5, 5.41) is 0. The molecule has 0 heterocycles. The molecule has 3 nitrogen and oxygen atoms in total. The molecule has 0 amide bonds. The van der Waals surface area contributed by atoms with Gasteiger partial charge in [0, 0.05) is 17.5 Å². The Morgan fingerprint density at radius 3 is 1.78 bits per heavy atom. The number of hydrogen-bond donors (Lipinski definition) is 0. The quantitative estimate of drug-likeness (QED) is 0.454. The van der Waals surface area contributed by atoms with E-state index in [9.17, 15) is 4.79 Å². The van der Waals surface area contributed by atoms with E-state index in [1.54, 1.807) is 0 Å². The lowest BCUT2D eigenvalue weighted by atomic mass is 10.0. The van der Waals surface area contributed by atoms with E-state index < -0.39 is 6.04 Å². The smallest absolute Gasteiger partial charge is 0.331 e. The van der Waals surface area contributed by atoms with Gasteiger partial charge in [-0.05, 0) is 12.5 Å². The Balaban J connectivity index is 2.03. The third-order valence-corrected chi connectivity index (χ3v) is 4.21. The minimum absolute atomic E-state index is 0.300. The summed E-state index contributed by atoms with van der Waals surface area (Å²) in [6.07, 6.45) is 0.503. The summed E-state index contributed by atoms with van der Waals surface area (Å²) in [6.45, 7) is 2.15. The molecule has 0 aliphatic carbocycles. The maximum Gasteiger partial charge on any atom is 0.331 e. The van der Waals surface area contributed by atoms with Crippen molar-refractivity contribution in [2.75, 3.05) is 6.61 Å². The molecular weight excluding hydrogens is 334 g/mol. The van der Waals surface area contributed by atoms with E-state index in [4.69, 9.17) is 9.73 Å². The molecule has 3 rings (SSSR count). The highest BCUT2D eigenvalue weighted by Crippen LogP contribution is 2.15. The molecule has 0 spiro atoms. The minimum atomic E-state index is -0.595. The Morgan fingerprint density at radius 1 is 0.815 bits per heavy atom. The van der Waals surface area contributed by atoms with Crippen LogP contribution in [-0.4, -0.2) is 24.3 Å².